The Balaban J connectivity index is 2.03. The highest BCUT2D eigenvalue weighted by molar-refractivity contribution is 6.10. The average molecular weight is 290 g/mol. The quantitative estimate of drug-likeness (QED) is 0.863. The monoisotopic (exact) mass is 290 g/mol. The van der Waals surface area contributed by atoms with Crippen molar-refractivity contribution in [3.63, 3.8) is 0 Å². The van der Waals surface area contributed by atoms with E-state index in [4.69, 9.17) is 0 Å². The van der Waals surface area contributed by atoms with Crippen molar-refractivity contribution in [2.75, 3.05) is 4.90 Å². The number of nitrogens with zero attached hydrogens (tertiary/aromatic N) is 1. The number of piperazine rings is 1. The van der Waals surface area contributed by atoms with Gasteiger partial charge in [-0.25, -0.2) is 4.39 Å². The van der Waals surface area contributed by atoms with Crippen LogP contribution in [0.15, 0.2) is 24.3 Å². The first-order chi connectivity index (χ1) is 10.1. The number of benzene rings is 1. The number of halogens is 1. The predicted molar refractivity (Wildman–Crippen MR) is 77.3 cm³/mol. The van der Waals surface area contributed by atoms with Crippen molar-refractivity contribution in [2.24, 2.45) is 0 Å². The molecule has 112 valence electrons. The van der Waals surface area contributed by atoms with Crippen LogP contribution < -0.4 is 10.2 Å². The fourth-order valence-electron chi connectivity index (χ4n) is 3.38. The third kappa shape index (κ3) is 2.20. The minimum atomic E-state index is -0.843. The maximum atomic E-state index is 14.1. The molecule has 1 aromatic rings. The van der Waals surface area contributed by atoms with Gasteiger partial charge in [0.1, 0.15) is 17.4 Å². The number of hydrogen-bond acceptors (Lipinski definition) is 2. The van der Waals surface area contributed by atoms with Gasteiger partial charge >= 0.3 is 0 Å². The molecule has 2 aliphatic rings. The molecule has 1 saturated carbocycles. The fourth-order valence-corrected chi connectivity index (χ4v) is 3.38. The molecule has 4 nitrogen and oxygen atoms in total. The van der Waals surface area contributed by atoms with Gasteiger partial charge < -0.3 is 5.32 Å². The lowest BCUT2D eigenvalue weighted by Crippen LogP contribution is -2.70. The smallest absolute Gasteiger partial charge is 0.253 e. The predicted octanol–water partition coefficient (Wildman–Crippen LogP) is 2.38. The van der Waals surface area contributed by atoms with Gasteiger partial charge in [-0.05, 0) is 31.9 Å². The number of amides is 2. The summed E-state index contributed by atoms with van der Waals surface area (Å²) in [5.74, 6) is -0.863. The van der Waals surface area contributed by atoms with Crippen molar-refractivity contribution < 1.29 is 14.0 Å². The van der Waals surface area contributed by atoms with Crippen LogP contribution >= 0.6 is 0 Å². The van der Waals surface area contributed by atoms with Gasteiger partial charge in [0, 0.05) is 0 Å². The fraction of sp³-hybridized carbons (Fsp3) is 0.500. The van der Waals surface area contributed by atoms with Crippen LogP contribution in [0.2, 0.25) is 0 Å². The van der Waals surface area contributed by atoms with Crippen LogP contribution in [0.4, 0.5) is 10.1 Å². The van der Waals surface area contributed by atoms with Crippen LogP contribution in [0.5, 0.6) is 0 Å². The molecule has 3 rings (SSSR count). The Labute approximate surface area is 123 Å². The first-order valence-corrected chi connectivity index (χ1v) is 7.45. The largest absolute Gasteiger partial charge is 0.340 e. The molecule has 1 aliphatic carbocycles. The number of hydrogen-bond donors (Lipinski definition) is 1. The second kappa shape index (κ2) is 5.13. The number of anilines is 1. The van der Waals surface area contributed by atoms with Gasteiger partial charge in [0.05, 0.1) is 5.69 Å². The maximum absolute atomic E-state index is 14.1. The summed E-state index contributed by atoms with van der Waals surface area (Å²) >= 11 is 0. The Kier molecular flexibility index (Phi) is 3.43. The van der Waals surface area contributed by atoms with Crippen LogP contribution in [-0.4, -0.2) is 23.4 Å². The number of para-hydroxylation sites is 1. The molecule has 1 atom stereocenters. The summed E-state index contributed by atoms with van der Waals surface area (Å²) in [5.41, 5.74) is -0.654. The zero-order chi connectivity index (χ0) is 15.0. The summed E-state index contributed by atoms with van der Waals surface area (Å²) in [6, 6.07) is 5.43. The molecular weight excluding hydrogens is 271 g/mol. The summed E-state index contributed by atoms with van der Waals surface area (Å²) in [6.45, 7) is 1.63. The van der Waals surface area contributed by atoms with Gasteiger partial charge in [-0.3, -0.25) is 14.5 Å². The molecule has 2 amide bonds. The molecule has 1 N–H and O–H groups in total. The average Bonchev–Trinajstić information content (AvgIpc) is 2.48. The van der Waals surface area contributed by atoms with Crippen molar-refractivity contribution >= 4 is 17.5 Å². The van der Waals surface area contributed by atoms with E-state index in [1.54, 1.807) is 25.1 Å². The van der Waals surface area contributed by atoms with Gasteiger partial charge in [-0.2, -0.15) is 0 Å². The zero-order valence-corrected chi connectivity index (χ0v) is 12.1. The Bertz CT molecular complexity index is 581. The number of carbonyl (C=O) groups is 2. The van der Waals surface area contributed by atoms with E-state index < -0.39 is 17.4 Å². The molecule has 1 aliphatic heterocycles. The standard InChI is InChI=1S/C16H19FN2O2/c1-11-14(20)18-16(9-5-2-6-10-16)15(21)19(11)13-8-4-3-7-12(13)17/h3-4,7-8,11H,2,5-6,9-10H2,1H3,(H,18,20). The van der Waals surface area contributed by atoms with E-state index in [0.29, 0.717) is 12.8 Å². The van der Waals surface area contributed by atoms with E-state index >= 15 is 0 Å². The highest BCUT2D eigenvalue weighted by Crippen LogP contribution is 2.36. The van der Waals surface area contributed by atoms with Crippen LogP contribution in [0.3, 0.4) is 0 Å². The lowest BCUT2D eigenvalue weighted by Gasteiger charge is -2.46. The van der Waals surface area contributed by atoms with Crippen molar-refractivity contribution in [2.45, 2.75) is 50.6 Å². The second-order valence-electron chi connectivity index (χ2n) is 5.93. The molecule has 2 fully saturated rings. The van der Waals surface area contributed by atoms with Crippen LogP contribution in [0, 0.1) is 5.82 Å². The summed E-state index contributed by atoms with van der Waals surface area (Å²) < 4.78 is 14.1. The molecule has 21 heavy (non-hydrogen) atoms. The second-order valence-corrected chi connectivity index (χ2v) is 5.93. The van der Waals surface area contributed by atoms with Crippen molar-refractivity contribution in [1.29, 1.82) is 0 Å². The van der Waals surface area contributed by atoms with E-state index in [1.165, 1.54) is 11.0 Å². The van der Waals surface area contributed by atoms with Crippen LogP contribution in [0.25, 0.3) is 0 Å². The summed E-state index contributed by atoms with van der Waals surface area (Å²) in [6.07, 6.45) is 4.15. The topological polar surface area (TPSA) is 49.4 Å². The molecule has 1 aromatic carbocycles. The van der Waals surface area contributed by atoms with E-state index in [2.05, 4.69) is 5.32 Å². The Morgan fingerprint density at radius 3 is 2.52 bits per heavy atom. The van der Waals surface area contributed by atoms with Crippen LogP contribution in [-0.2, 0) is 9.59 Å². The first kappa shape index (κ1) is 14.0. The van der Waals surface area contributed by atoms with Gasteiger partial charge in [0.25, 0.3) is 5.91 Å². The highest BCUT2D eigenvalue weighted by atomic mass is 19.1. The van der Waals surface area contributed by atoms with E-state index in [9.17, 15) is 14.0 Å². The summed E-state index contributed by atoms with van der Waals surface area (Å²) in [5, 5.41) is 2.90. The molecule has 1 spiro atoms. The maximum Gasteiger partial charge on any atom is 0.253 e. The molecule has 1 heterocycles. The van der Waals surface area contributed by atoms with Gasteiger partial charge in [-0.15, -0.1) is 0 Å². The van der Waals surface area contributed by atoms with Gasteiger partial charge in [0.15, 0.2) is 0 Å². The Hall–Kier alpha value is -1.91. The molecule has 0 bridgehead atoms. The Morgan fingerprint density at radius 1 is 1.19 bits per heavy atom. The van der Waals surface area contributed by atoms with E-state index in [0.717, 1.165) is 19.3 Å². The lowest BCUT2D eigenvalue weighted by molar-refractivity contribution is -0.139. The minimum Gasteiger partial charge on any atom is -0.340 e. The molecular formula is C16H19FN2O2. The molecule has 0 radical (unpaired) electrons. The molecule has 1 saturated heterocycles. The van der Waals surface area contributed by atoms with Crippen LogP contribution in [0.1, 0.15) is 39.0 Å². The lowest BCUT2D eigenvalue weighted by atomic mass is 9.78. The summed E-state index contributed by atoms with van der Waals surface area (Å²) in [4.78, 5) is 26.6. The molecule has 5 heteroatoms. The minimum absolute atomic E-state index is 0.181. The van der Waals surface area contributed by atoms with Crippen molar-refractivity contribution in [1.82, 2.24) is 5.32 Å². The number of rotatable bonds is 1. The van der Waals surface area contributed by atoms with Crippen molar-refractivity contribution in [3.05, 3.63) is 30.1 Å². The highest BCUT2D eigenvalue weighted by Gasteiger charge is 2.50. The van der Waals surface area contributed by atoms with Crippen molar-refractivity contribution in [3.8, 4) is 0 Å². The van der Waals surface area contributed by atoms with E-state index in [-0.39, 0.29) is 17.5 Å². The third-order valence-corrected chi connectivity index (χ3v) is 4.58. The summed E-state index contributed by atoms with van der Waals surface area (Å²) in [7, 11) is 0. The number of carbonyl (C=O) groups excluding carboxylic acids is 2. The SMILES string of the molecule is CC1C(=O)NC2(CCCCC2)C(=O)N1c1ccccc1F. The van der Waals surface area contributed by atoms with E-state index in [1.807, 2.05) is 0 Å². The normalized spacial score (nSPS) is 25.0. The third-order valence-electron chi connectivity index (χ3n) is 4.58. The first-order valence-electron chi connectivity index (χ1n) is 7.45. The molecule has 1 unspecified atom stereocenters. The number of nitrogens with one attached hydrogen (secondary N) is 1. The van der Waals surface area contributed by atoms with Gasteiger partial charge in [-0.1, -0.05) is 31.4 Å². The van der Waals surface area contributed by atoms with Gasteiger partial charge in [0.2, 0.25) is 5.91 Å². The molecule has 0 aromatic heterocycles. The zero-order valence-electron chi connectivity index (χ0n) is 12.1. The Morgan fingerprint density at radius 2 is 1.86 bits per heavy atom.